The molecule has 5 rings (SSSR count). The fraction of sp³-hybridized carbons (Fsp3) is 0.0741. The number of nitrogens with zero attached hydrogens (tertiary/aromatic N) is 1. The number of amides is 2. The fourth-order valence-corrected chi connectivity index (χ4v) is 4.86. The molecule has 3 aromatic carbocycles. The van der Waals surface area contributed by atoms with Crippen LogP contribution >= 0.6 is 23.4 Å². The van der Waals surface area contributed by atoms with E-state index in [0.29, 0.717) is 22.8 Å². The average molecular weight is 520 g/mol. The van der Waals surface area contributed by atoms with Crippen molar-refractivity contribution in [2.75, 3.05) is 13.2 Å². The number of carboxylic acid groups (broad SMARTS) is 1. The zero-order chi connectivity index (χ0) is 25.2. The normalized spacial score (nSPS) is 14.7. The summed E-state index contributed by atoms with van der Waals surface area (Å²) in [5.74, 6) is -0.125. The Morgan fingerprint density at radius 3 is 2.69 bits per heavy atom. The average Bonchev–Trinajstić information content (AvgIpc) is 3.44. The molecule has 0 spiro atoms. The van der Waals surface area contributed by atoms with E-state index < -0.39 is 11.9 Å². The van der Waals surface area contributed by atoms with E-state index >= 15 is 0 Å². The van der Waals surface area contributed by atoms with Gasteiger partial charge in [0.2, 0.25) is 0 Å². The summed E-state index contributed by atoms with van der Waals surface area (Å²) in [6, 6.07) is 21.4. The van der Waals surface area contributed by atoms with Crippen LogP contribution in [0.2, 0.25) is 5.02 Å². The minimum atomic E-state index is -1.15. The van der Waals surface area contributed by atoms with Crippen molar-refractivity contribution in [3.05, 3.63) is 94.0 Å². The summed E-state index contributed by atoms with van der Waals surface area (Å²) in [5.41, 5.74) is 0.481. The molecule has 180 valence electrons. The third-order valence-corrected chi connectivity index (χ3v) is 6.81. The second kappa shape index (κ2) is 9.93. The molecular formula is C27H18ClNO6S. The Balaban J connectivity index is 1.27. The molecule has 36 heavy (non-hydrogen) atoms. The van der Waals surface area contributed by atoms with Crippen molar-refractivity contribution in [1.29, 1.82) is 0 Å². The van der Waals surface area contributed by atoms with E-state index in [4.69, 9.17) is 20.8 Å². The molecule has 9 heteroatoms. The molecule has 1 saturated heterocycles. The van der Waals surface area contributed by atoms with Crippen LogP contribution in [0.15, 0.2) is 82.1 Å². The minimum absolute atomic E-state index is 0.0426. The second-order valence-electron chi connectivity index (χ2n) is 7.86. The van der Waals surface area contributed by atoms with Gasteiger partial charge in [-0.05, 0) is 53.5 Å². The molecule has 1 aliphatic rings. The van der Waals surface area contributed by atoms with Gasteiger partial charge in [-0.1, -0.05) is 48.0 Å². The van der Waals surface area contributed by atoms with E-state index in [1.165, 1.54) is 18.2 Å². The molecule has 0 atom stereocenters. The monoisotopic (exact) mass is 519 g/mol. The predicted molar refractivity (Wildman–Crippen MR) is 138 cm³/mol. The van der Waals surface area contributed by atoms with Gasteiger partial charge < -0.3 is 14.3 Å². The Morgan fingerprint density at radius 1 is 1.06 bits per heavy atom. The second-order valence-corrected chi connectivity index (χ2v) is 9.26. The van der Waals surface area contributed by atoms with Gasteiger partial charge in [0.1, 0.15) is 23.9 Å². The first-order valence-electron chi connectivity index (χ1n) is 10.9. The highest BCUT2D eigenvalue weighted by atomic mass is 35.5. The summed E-state index contributed by atoms with van der Waals surface area (Å²) in [5, 5.41) is 11.0. The molecule has 4 aromatic rings. The van der Waals surface area contributed by atoms with Crippen LogP contribution in [-0.2, 0) is 4.79 Å². The Bertz CT molecular complexity index is 1540. The maximum atomic E-state index is 12.8. The zero-order valence-electron chi connectivity index (χ0n) is 18.6. The first kappa shape index (κ1) is 23.7. The van der Waals surface area contributed by atoms with Crippen molar-refractivity contribution in [1.82, 2.24) is 4.90 Å². The van der Waals surface area contributed by atoms with Gasteiger partial charge >= 0.3 is 5.97 Å². The number of halogens is 1. The van der Waals surface area contributed by atoms with Crippen LogP contribution in [0.3, 0.4) is 0 Å². The fourth-order valence-electron chi connectivity index (χ4n) is 3.82. The van der Waals surface area contributed by atoms with Gasteiger partial charge in [0, 0.05) is 17.0 Å². The largest absolute Gasteiger partial charge is 0.491 e. The van der Waals surface area contributed by atoms with Crippen molar-refractivity contribution < 1.29 is 28.6 Å². The third-order valence-electron chi connectivity index (χ3n) is 5.58. The van der Waals surface area contributed by atoms with Gasteiger partial charge in [0.15, 0.2) is 0 Å². The molecule has 2 amide bonds. The van der Waals surface area contributed by atoms with Crippen molar-refractivity contribution in [3.63, 3.8) is 0 Å². The number of imide groups is 1. The quantitative estimate of drug-likeness (QED) is 0.276. The lowest BCUT2D eigenvalue weighted by atomic mass is 10.1. The van der Waals surface area contributed by atoms with E-state index in [-0.39, 0.29) is 33.9 Å². The molecule has 1 N–H and O–H groups in total. The first-order valence-corrected chi connectivity index (χ1v) is 12.1. The molecule has 0 bridgehead atoms. The SMILES string of the molecule is O=C(O)c1cc(-c2ccc(/C=C3\SC(=O)N(CCOc4cccc5ccccc45)C3=O)o2)ccc1Cl. The van der Waals surface area contributed by atoms with Crippen LogP contribution in [0, 0.1) is 0 Å². The van der Waals surface area contributed by atoms with Gasteiger partial charge in [0.05, 0.1) is 22.0 Å². The number of hydrogen-bond donors (Lipinski definition) is 1. The van der Waals surface area contributed by atoms with Crippen LogP contribution in [0.25, 0.3) is 28.2 Å². The van der Waals surface area contributed by atoms with Crippen LogP contribution in [0.4, 0.5) is 4.79 Å². The number of carboxylic acids is 1. The van der Waals surface area contributed by atoms with Gasteiger partial charge in [-0.25, -0.2) is 4.79 Å². The lowest BCUT2D eigenvalue weighted by Gasteiger charge is -2.14. The number of carbonyl (C=O) groups excluding carboxylic acids is 2. The van der Waals surface area contributed by atoms with Gasteiger partial charge in [0.25, 0.3) is 11.1 Å². The standard InChI is InChI=1S/C27H18ClNO6S/c28-21-10-8-17(14-20(21)26(31)32)22-11-9-18(35-22)15-24-25(30)29(27(33)36-24)12-13-34-23-7-3-5-16-4-1-2-6-19(16)23/h1-11,14-15H,12-13H2,(H,31,32)/b24-15-. The summed E-state index contributed by atoms with van der Waals surface area (Å²) in [6.45, 7) is 0.268. The molecule has 1 aromatic heterocycles. The molecule has 0 saturated carbocycles. The molecule has 0 radical (unpaired) electrons. The zero-order valence-corrected chi connectivity index (χ0v) is 20.2. The smallest absolute Gasteiger partial charge is 0.337 e. The lowest BCUT2D eigenvalue weighted by molar-refractivity contribution is -0.123. The minimum Gasteiger partial charge on any atom is -0.491 e. The van der Waals surface area contributed by atoms with E-state index in [0.717, 1.165) is 27.4 Å². The maximum absolute atomic E-state index is 12.8. The molecule has 0 aliphatic carbocycles. The molecule has 7 nitrogen and oxygen atoms in total. The van der Waals surface area contributed by atoms with Crippen molar-refractivity contribution in [2.24, 2.45) is 0 Å². The Morgan fingerprint density at radius 2 is 1.86 bits per heavy atom. The van der Waals surface area contributed by atoms with Gasteiger partial charge in [-0.2, -0.15) is 0 Å². The van der Waals surface area contributed by atoms with E-state index in [1.54, 1.807) is 18.2 Å². The molecule has 1 aliphatic heterocycles. The highest BCUT2D eigenvalue weighted by molar-refractivity contribution is 8.18. The van der Waals surface area contributed by atoms with Gasteiger partial charge in [-0.15, -0.1) is 0 Å². The van der Waals surface area contributed by atoms with Crippen molar-refractivity contribution in [2.45, 2.75) is 0 Å². The summed E-state index contributed by atoms with van der Waals surface area (Å²) in [7, 11) is 0. The molecule has 0 unspecified atom stereocenters. The predicted octanol–water partition coefficient (Wildman–Crippen LogP) is 6.57. The highest BCUT2D eigenvalue weighted by Crippen LogP contribution is 2.34. The summed E-state index contributed by atoms with van der Waals surface area (Å²) < 4.78 is 11.6. The van der Waals surface area contributed by atoms with Crippen molar-refractivity contribution >= 4 is 57.3 Å². The third kappa shape index (κ3) is 4.73. The number of carbonyl (C=O) groups is 3. The number of rotatable bonds is 7. The summed E-state index contributed by atoms with van der Waals surface area (Å²) in [4.78, 5) is 38.0. The number of thioether (sulfide) groups is 1. The Labute approximate surface area is 214 Å². The number of benzene rings is 3. The van der Waals surface area contributed by atoms with E-state index in [2.05, 4.69) is 0 Å². The number of furan rings is 1. The van der Waals surface area contributed by atoms with Crippen LogP contribution in [0.5, 0.6) is 5.75 Å². The number of ether oxygens (including phenoxy) is 1. The van der Waals surface area contributed by atoms with Crippen LogP contribution in [0.1, 0.15) is 16.1 Å². The highest BCUT2D eigenvalue weighted by Gasteiger charge is 2.35. The number of fused-ring (bicyclic) bond motifs is 1. The summed E-state index contributed by atoms with van der Waals surface area (Å²) >= 11 is 6.76. The summed E-state index contributed by atoms with van der Waals surface area (Å²) in [6.07, 6.45) is 1.49. The first-order chi connectivity index (χ1) is 17.4. The lowest BCUT2D eigenvalue weighted by Crippen LogP contribution is -2.32. The molecule has 2 heterocycles. The topological polar surface area (TPSA) is 97.0 Å². The van der Waals surface area contributed by atoms with E-state index in [1.807, 2.05) is 42.5 Å². The Hall–Kier alpha value is -4.01. The Kier molecular flexibility index (Phi) is 6.54. The number of hydrogen-bond acceptors (Lipinski definition) is 6. The van der Waals surface area contributed by atoms with Gasteiger partial charge in [-0.3, -0.25) is 14.5 Å². The van der Waals surface area contributed by atoms with Crippen LogP contribution in [-0.4, -0.2) is 40.3 Å². The maximum Gasteiger partial charge on any atom is 0.337 e. The number of aromatic carboxylic acids is 1. The molecular weight excluding hydrogens is 502 g/mol. The molecule has 1 fully saturated rings. The van der Waals surface area contributed by atoms with Crippen LogP contribution < -0.4 is 4.74 Å². The van der Waals surface area contributed by atoms with Crippen molar-refractivity contribution in [3.8, 4) is 17.1 Å². The van der Waals surface area contributed by atoms with E-state index in [9.17, 15) is 19.5 Å².